The maximum Gasteiger partial charge on any atom is 0.231 e. The summed E-state index contributed by atoms with van der Waals surface area (Å²) in [4.78, 5) is 12.2. The average molecular weight is 363 g/mol. The first-order valence-corrected chi connectivity index (χ1v) is 8.93. The lowest BCUT2D eigenvalue weighted by Crippen LogP contribution is -2.22. The number of fused-ring (bicyclic) bond motifs is 2. The SMILES string of the molecule is COc1ccc2cc(CNC(=O)CCc3ccc4c(c3)OCO4)ccc2c1. The number of ether oxygens (including phenoxy) is 3. The van der Waals surface area contributed by atoms with Crippen molar-refractivity contribution < 1.29 is 19.0 Å². The molecule has 0 saturated carbocycles. The smallest absolute Gasteiger partial charge is 0.231 e. The van der Waals surface area contributed by atoms with Gasteiger partial charge in [-0.1, -0.05) is 24.3 Å². The van der Waals surface area contributed by atoms with Gasteiger partial charge in [-0.2, -0.15) is 0 Å². The number of nitrogens with one attached hydrogen (secondary N) is 1. The normalized spacial score (nSPS) is 12.2. The Bertz CT molecular complexity index is 983. The molecule has 5 nitrogen and oxygen atoms in total. The number of carbonyl (C=O) groups is 1. The molecule has 1 aliphatic rings. The van der Waals surface area contributed by atoms with Crippen LogP contribution in [0.25, 0.3) is 10.8 Å². The second-order valence-corrected chi connectivity index (χ2v) is 6.51. The Balaban J connectivity index is 1.31. The molecule has 0 radical (unpaired) electrons. The first-order valence-electron chi connectivity index (χ1n) is 8.93. The van der Waals surface area contributed by atoms with E-state index in [-0.39, 0.29) is 12.7 Å². The highest BCUT2D eigenvalue weighted by molar-refractivity contribution is 5.84. The molecule has 3 aromatic carbocycles. The summed E-state index contributed by atoms with van der Waals surface area (Å²) in [7, 11) is 1.66. The van der Waals surface area contributed by atoms with E-state index in [0.29, 0.717) is 19.4 Å². The maximum absolute atomic E-state index is 12.2. The van der Waals surface area contributed by atoms with Gasteiger partial charge in [-0.05, 0) is 58.7 Å². The molecule has 1 aliphatic heterocycles. The zero-order valence-electron chi connectivity index (χ0n) is 15.2. The van der Waals surface area contributed by atoms with E-state index in [9.17, 15) is 4.79 Å². The minimum atomic E-state index is 0.0301. The summed E-state index contributed by atoms with van der Waals surface area (Å²) in [6.45, 7) is 0.778. The van der Waals surface area contributed by atoms with E-state index in [0.717, 1.165) is 39.1 Å². The lowest BCUT2D eigenvalue weighted by Gasteiger charge is -2.08. The largest absolute Gasteiger partial charge is 0.497 e. The molecule has 4 rings (SSSR count). The summed E-state index contributed by atoms with van der Waals surface area (Å²) in [6, 6.07) is 17.9. The van der Waals surface area contributed by atoms with Crippen LogP contribution in [0.2, 0.25) is 0 Å². The van der Waals surface area contributed by atoms with E-state index in [2.05, 4.69) is 11.4 Å². The van der Waals surface area contributed by atoms with Crippen molar-refractivity contribution in [1.29, 1.82) is 0 Å². The first-order chi connectivity index (χ1) is 13.2. The van der Waals surface area contributed by atoms with Gasteiger partial charge in [0.1, 0.15) is 5.75 Å². The molecule has 138 valence electrons. The van der Waals surface area contributed by atoms with Crippen molar-refractivity contribution in [2.45, 2.75) is 19.4 Å². The third kappa shape index (κ3) is 3.97. The Kier molecular flexibility index (Phi) is 4.83. The predicted octanol–water partition coefficient (Wildman–Crippen LogP) is 3.83. The maximum atomic E-state index is 12.2. The minimum Gasteiger partial charge on any atom is -0.497 e. The van der Waals surface area contributed by atoms with Crippen LogP contribution in [0, 0.1) is 0 Å². The summed E-state index contributed by atoms with van der Waals surface area (Å²) < 4.78 is 15.9. The van der Waals surface area contributed by atoms with Crippen LogP contribution in [0.5, 0.6) is 17.2 Å². The number of amides is 1. The average Bonchev–Trinajstić information content (AvgIpc) is 3.18. The van der Waals surface area contributed by atoms with Gasteiger partial charge in [0, 0.05) is 13.0 Å². The number of benzene rings is 3. The number of rotatable bonds is 6. The van der Waals surface area contributed by atoms with E-state index in [1.54, 1.807) is 7.11 Å². The number of hydrogen-bond acceptors (Lipinski definition) is 4. The summed E-state index contributed by atoms with van der Waals surface area (Å²) in [5.41, 5.74) is 2.14. The summed E-state index contributed by atoms with van der Waals surface area (Å²) in [6.07, 6.45) is 1.10. The molecule has 0 aromatic heterocycles. The van der Waals surface area contributed by atoms with Gasteiger partial charge in [-0.3, -0.25) is 4.79 Å². The van der Waals surface area contributed by atoms with E-state index in [4.69, 9.17) is 14.2 Å². The van der Waals surface area contributed by atoms with Crippen molar-refractivity contribution >= 4 is 16.7 Å². The van der Waals surface area contributed by atoms with E-state index in [1.165, 1.54) is 0 Å². The number of methoxy groups -OCH3 is 1. The van der Waals surface area contributed by atoms with Gasteiger partial charge in [-0.15, -0.1) is 0 Å². The van der Waals surface area contributed by atoms with Crippen LogP contribution in [0.3, 0.4) is 0 Å². The summed E-state index contributed by atoms with van der Waals surface area (Å²) in [5.74, 6) is 2.38. The Morgan fingerprint density at radius 3 is 2.63 bits per heavy atom. The Morgan fingerprint density at radius 1 is 0.963 bits per heavy atom. The highest BCUT2D eigenvalue weighted by Gasteiger charge is 2.13. The molecule has 3 aromatic rings. The second kappa shape index (κ2) is 7.58. The number of aryl methyl sites for hydroxylation is 1. The van der Waals surface area contributed by atoms with Gasteiger partial charge in [0.2, 0.25) is 12.7 Å². The van der Waals surface area contributed by atoms with Gasteiger partial charge < -0.3 is 19.5 Å². The molecule has 5 heteroatoms. The first kappa shape index (κ1) is 17.2. The standard InChI is InChI=1S/C22H21NO4/c1-25-19-7-6-17-10-16(2-5-18(17)12-19)13-23-22(24)9-4-15-3-8-20-21(11-15)27-14-26-20/h2-3,5-8,10-12H,4,9,13-14H2,1H3,(H,23,24). The lowest BCUT2D eigenvalue weighted by molar-refractivity contribution is -0.121. The van der Waals surface area contributed by atoms with Gasteiger partial charge in [0.25, 0.3) is 0 Å². The van der Waals surface area contributed by atoms with E-state index in [1.807, 2.05) is 48.5 Å². The summed E-state index contributed by atoms with van der Waals surface area (Å²) >= 11 is 0. The molecular weight excluding hydrogens is 342 g/mol. The van der Waals surface area contributed by atoms with E-state index < -0.39 is 0 Å². The molecule has 0 unspecified atom stereocenters. The fraction of sp³-hybridized carbons (Fsp3) is 0.227. The van der Waals surface area contributed by atoms with Crippen LogP contribution in [0.15, 0.2) is 54.6 Å². The predicted molar refractivity (Wildman–Crippen MR) is 103 cm³/mol. The molecule has 0 bridgehead atoms. The fourth-order valence-electron chi connectivity index (χ4n) is 3.15. The Labute approximate surface area is 157 Å². The molecule has 1 amide bonds. The molecular formula is C22H21NO4. The van der Waals surface area contributed by atoms with Gasteiger partial charge in [0.05, 0.1) is 7.11 Å². The number of hydrogen-bond donors (Lipinski definition) is 1. The highest BCUT2D eigenvalue weighted by Crippen LogP contribution is 2.32. The van der Waals surface area contributed by atoms with Gasteiger partial charge in [0.15, 0.2) is 11.5 Å². The van der Waals surface area contributed by atoms with Crippen molar-refractivity contribution in [2.24, 2.45) is 0 Å². The van der Waals surface area contributed by atoms with Gasteiger partial charge in [-0.25, -0.2) is 0 Å². The molecule has 0 fully saturated rings. The van der Waals surface area contributed by atoms with Crippen LogP contribution in [0.4, 0.5) is 0 Å². The van der Waals surface area contributed by atoms with Crippen molar-refractivity contribution in [1.82, 2.24) is 5.32 Å². The van der Waals surface area contributed by atoms with Crippen LogP contribution < -0.4 is 19.5 Å². The van der Waals surface area contributed by atoms with Gasteiger partial charge >= 0.3 is 0 Å². The van der Waals surface area contributed by atoms with E-state index >= 15 is 0 Å². The Morgan fingerprint density at radius 2 is 1.74 bits per heavy atom. The van der Waals surface area contributed by atoms with Crippen LogP contribution >= 0.6 is 0 Å². The molecule has 1 heterocycles. The quantitative estimate of drug-likeness (QED) is 0.723. The molecule has 0 spiro atoms. The molecule has 27 heavy (non-hydrogen) atoms. The second-order valence-electron chi connectivity index (χ2n) is 6.51. The fourth-order valence-corrected chi connectivity index (χ4v) is 3.15. The topological polar surface area (TPSA) is 56.8 Å². The third-order valence-electron chi connectivity index (χ3n) is 4.68. The zero-order valence-corrected chi connectivity index (χ0v) is 15.2. The lowest BCUT2D eigenvalue weighted by atomic mass is 10.1. The molecule has 0 aliphatic carbocycles. The number of carbonyl (C=O) groups excluding carboxylic acids is 1. The third-order valence-corrected chi connectivity index (χ3v) is 4.68. The summed E-state index contributed by atoms with van der Waals surface area (Å²) in [5, 5.41) is 5.23. The van der Waals surface area contributed by atoms with Crippen LogP contribution in [-0.4, -0.2) is 19.8 Å². The van der Waals surface area contributed by atoms with Crippen molar-refractivity contribution in [3.05, 3.63) is 65.7 Å². The van der Waals surface area contributed by atoms with Crippen molar-refractivity contribution in [3.63, 3.8) is 0 Å². The molecule has 1 N–H and O–H groups in total. The molecule has 0 saturated heterocycles. The van der Waals surface area contributed by atoms with Crippen molar-refractivity contribution in [3.8, 4) is 17.2 Å². The Hall–Kier alpha value is -3.21. The van der Waals surface area contributed by atoms with Crippen molar-refractivity contribution in [2.75, 3.05) is 13.9 Å². The van der Waals surface area contributed by atoms with Crippen LogP contribution in [0.1, 0.15) is 17.5 Å². The van der Waals surface area contributed by atoms with Crippen LogP contribution in [-0.2, 0) is 17.8 Å². The molecule has 0 atom stereocenters. The zero-order chi connectivity index (χ0) is 18.6. The monoisotopic (exact) mass is 363 g/mol. The minimum absolute atomic E-state index is 0.0301. The highest BCUT2D eigenvalue weighted by atomic mass is 16.7.